The van der Waals surface area contributed by atoms with Crippen LogP contribution in [0.15, 0.2) is 72.9 Å². The van der Waals surface area contributed by atoms with E-state index < -0.39 is 18.2 Å². The molecule has 65 heavy (non-hydrogen) atoms. The zero-order valence-corrected chi connectivity index (χ0v) is 42.9. The van der Waals surface area contributed by atoms with Crippen molar-refractivity contribution in [3.63, 3.8) is 0 Å². The lowest BCUT2D eigenvalue weighted by molar-refractivity contribution is -0.151. The third kappa shape index (κ3) is 47.6. The van der Waals surface area contributed by atoms with Crippen molar-refractivity contribution in [2.75, 3.05) is 6.61 Å². The SMILES string of the molecule is CC/C=C\C/C=C\C/C=C\C/C=C\C/C=C\CCCCCC(=O)OC(CCC/C=C\CCCCCCCC)CC(=O)NC(CO)C(O)CCCCCCCCCCCCCCCCCC. The molecule has 0 aliphatic heterocycles. The summed E-state index contributed by atoms with van der Waals surface area (Å²) in [6.07, 6.45) is 66.8. The summed E-state index contributed by atoms with van der Waals surface area (Å²) in [5.74, 6) is -0.540. The molecular formula is C59H105NO5. The molecule has 3 unspecified atom stereocenters. The molecule has 0 aliphatic carbocycles. The molecule has 6 nitrogen and oxygen atoms in total. The number of aliphatic hydroxyl groups is 2. The molecular weight excluding hydrogens is 803 g/mol. The first-order valence-corrected chi connectivity index (χ1v) is 27.7. The highest BCUT2D eigenvalue weighted by Crippen LogP contribution is 2.17. The van der Waals surface area contributed by atoms with Crippen molar-refractivity contribution in [2.24, 2.45) is 0 Å². The Hall–Kier alpha value is -2.70. The average Bonchev–Trinajstić information content (AvgIpc) is 3.30. The first-order valence-electron chi connectivity index (χ1n) is 27.7. The predicted octanol–water partition coefficient (Wildman–Crippen LogP) is 17.0. The molecule has 0 heterocycles. The van der Waals surface area contributed by atoms with E-state index in [1.54, 1.807) is 0 Å². The molecule has 0 saturated heterocycles. The molecule has 1 amide bonds. The van der Waals surface area contributed by atoms with Gasteiger partial charge in [-0.1, -0.05) is 235 Å². The van der Waals surface area contributed by atoms with Gasteiger partial charge in [-0.2, -0.15) is 0 Å². The summed E-state index contributed by atoms with van der Waals surface area (Å²) < 4.78 is 5.91. The first-order chi connectivity index (χ1) is 32.0. The smallest absolute Gasteiger partial charge is 0.306 e. The number of carbonyl (C=O) groups excluding carboxylic acids is 2. The summed E-state index contributed by atoms with van der Waals surface area (Å²) in [6.45, 7) is 6.36. The van der Waals surface area contributed by atoms with Crippen molar-refractivity contribution in [2.45, 2.75) is 283 Å². The van der Waals surface area contributed by atoms with Gasteiger partial charge in [-0.3, -0.25) is 9.59 Å². The number of allylic oxidation sites excluding steroid dienone is 12. The van der Waals surface area contributed by atoms with Crippen LogP contribution < -0.4 is 5.32 Å². The number of rotatable bonds is 49. The van der Waals surface area contributed by atoms with Crippen LogP contribution >= 0.6 is 0 Å². The Morgan fingerprint density at radius 2 is 0.846 bits per heavy atom. The number of carbonyl (C=O) groups is 2. The van der Waals surface area contributed by atoms with E-state index in [-0.39, 0.29) is 24.9 Å². The maximum atomic E-state index is 13.2. The van der Waals surface area contributed by atoms with Crippen LogP contribution in [0.1, 0.15) is 265 Å². The van der Waals surface area contributed by atoms with Gasteiger partial charge in [-0.25, -0.2) is 0 Å². The average molecular weight is 908 g/mol. The number of esters is 1. The van der Waals surface area contributed by atoms with Crippen LogP contribution in [0.3, 0.4) is 0 Å². The minimum absolute atomic E-state index is 0.0412. The monoisotopic (exact) mass is 908 g/mol. The highest BCUT2D eigenvalue weighted by Gasteiger charge is 2.24. The van der Waals surface area contributed by atoms with Crippen molar-refractivity contribution in [1.82, 2.24) is 5.32 Å². The Labute approximate surface area is 402 Å². The predicted molar refractivity (Wildman–Crippen MR) is 282 cm³/mol. The van der Waals surface area contributed by atoms with Gasteiger partial charge < -0.3 is 20.3 Å². The summed E-state index contributed by atoms with van der Waals surface area (Å²) in [5, 5.41) is 23.8. The van der Waals surface area contributed by atoms with E-state index in [4.69, 9.17) is 4.74 Å². The molecule has 0 saturated carbocycles. The molecule has 0 aromatic rings. The van der Waals surface area contributed by atoms with Crippen molar-refractivity contribution in [1.29, 1.82) is 0 Å². The molecule has 3 N–H and O–H groups in total. The van der Waals surface area contributed by atoms with Crippen LogP contribution in [0.25, 0.3) is 0 Å². The Balaban J connectivity index is 4.56. The van der Waals surface area contributed by atoms with E-state index in [1.165, 1.54) is 122 Å². The van der Waals surface area contributed by atoms with Gasteiger partial charge in [-0.05, 0) is 89.9 Å². The van der Waals surface area contributed by atoms with Crippen LogP contribution in [0.4, 0.5) is 0 Å². The van der Waals surface area contributed by atoms with Gasteiger partial charge in [0.1, 0.15) is 6.10 Å². The molecule has 0 aromatic heterocycles. The molecule has 3 atom stereocenters. The third-order valence-electron chi connectivity index (χ3n) is 12.3. The first kappa shape index (κ1) is 62.3. The molecule has 6 heteroatoms. The second-order valence-corrected chi connectivity index (χ2v) is 18.6. The number of unbranched alkanes of at least 4 members (excludes halogenated alkanes) is 25. The number of aliphatic hydroxyl groups excluding tert-OH is 2. The molecule has 0 radical (unpaired) electrons. The normalized spacial score (nSPS) is 13.7. The van der Waals surface area contributed by atoms with Crippen LogP contribution in [0.5, 0.6) is 0 Å². The van der Waals surface area contributed by atoms with E-state index in [9.17, 15) is 19.8 Å². The summed E-state index contributed by atoms with van der Waals surface area (Å²) in [7, 11) is 0. The fourth-order valence-corrected chi connectivity index (χ4v) is 8.10. The van der Waals surface area contributed by atoms with E-state index >= 15 is 0 Å². The van der Waals surface area contributed by atoms with Crippen LogP contribution in [0.2, 0.25) is 0 Å². The largest absolute Gasteiger partial charge is 0.462 e. The summed E-state index contributed by atoms with van der Waals surface area (Å²) in [4.78, 5) is 26.2. The van der Waals surface area contributed by atoms with Gasteiger partial charge in [0.2, 0.25) is 5.91 Å². The molecule has 376 valence electrons. The molecule has 0 bridgehead atoms. The van der Waals surface area contributed by atoms with Crippen molar-refractivity contribution in [3.05, 3.63) is 72.9 Å². The van der Waals surface area contributed by atoms with Gasteiger partial charge in [0.05, 0.1) is 25.2 Å². The lowest BCUT2D eigenvalue weighted by Crippen LogP contribution is -2.46. The summed E-state index contributed by atoms with van der Waals surface area (Å²) >= 11 is 0. The van der Waals surface area contributed by atoms with Crippen LogP contribution in [0, 0.1) is 0 Å². The fraction of sp³-hybridized carbons (Fsp3) is 0.763. The minimum Gasteiger partial charge on any atom is -0.462 e. The second kappa shape index (κ2) is 52.3. The van der Waals surface area contributed by atoms with E-state index in [1.807, 2.05) is 0 Å². The zero-order valence-electron chi connectivity index (χ0n) is 42.9. The molecule has 0 aromatic carbocycles. The van der Waals surface area contributed by atoms with Gasteiger partial charge in [0, 0.05) is 6.42 Å². The lowest BCUT2D eigenvalue weighted by atomic mass is 10.0. The summed E-state index contributed by atoms with van der Waals surface area (Å²) in [6, 6.07) is -0.719. The van der Waals surface area contributed by atoms with Gasteiger partial charge in [0.25, 0.3) is 0 Å². The second-order valence-electron chi connectivity index (χ2n) is 18.6. The van der Waals surface area contributed by atoms with Gasteiger partial charge in [-0.15, -0.1) is 0 Å². The highest BCUT2D eigenvalue weighted by atomic mass is 16.5. The maximum absolute atomic E-state index is 13.2. The minimum atomic E-state index is -0.803. The Morgan fingerprint density at radius 3 is 1.31 bits per heavy atom. The number of hydrogen-bond donors (Lipinski definition) is 3. The summed E-state index contributed by atoms with van der Waals surface area (Å²) in [5.41, 5.74) is 0. The number of hydrogen-bond acceptors (Lipinski definition) is 5. The lowest BCUT2D eigenvalue weighted by Gasteiger charge is -2.24. The standard InChI is InChI=1S/C59H105NO5/c1-4-7-10-13-16-19-22-24-26-28-29-30-32-34-37-40-43-46-49-52-59(64)65-55(50-47-44-41-38-35-21-18-15-12-9-6-3)53-58(63)60-56(54-61)57(62)51-48-45-42-39-36-33-31-27-25-23-20-17-14-11-8-5-2/h7,10,16,19,24,26,29-30,34,37-38,41,55-57,61-62H,4-6,8-9,11-15,17-18,20-23,25,27-28,31-33,35-36,39-40,42-54H2,1-3H3,(H,60,63)/b10-7-,19-16-,26-24-,30-29-,37-34-,41-38-. The third-order valence-corrected chi connectivity index (χ3v) is 12.3. The Morgan fingerprint density at radius 1 is 0.462 bits per heavy atom. The van der Waals surface area contributed by atoms with Crippen LogP contribution in [-0.4, -0.2) is 46.9 Å². The van der Waals surface area contributed by atoms with Crippen molar-refractivity contribution >= 4 is 11.9 Å². The van der Waals surface area contributed by atoms with E-state index in [2.05, 4.69) is 99.0 Å². The maximum Gasteiger partial charge on any atom is 0.306 e. The number of nitrogens with one attached hydrogen (secondary N) is 1. The number of ether oxygens (including phenoxy) is 1. The molecule has 0 aliphatic rings. The quantitative estimate of drug-likeness (QED) is 0.0321. The van der Waals surface area contributed by atoms with E-state index in [0.29, 0.717) is 19.3 Å². The Bertz CT molecular complexity index is 1200. The van der Waals surface area contributed by atoms with E-state index in [0.717, 1.165) is 96.3 Å². The molecule has 0 fully saturated rings. The van der Waals surface area contributed by atoms with Crippen molar-refractivity contribution < 1.29 is 24.5 Å². The topological polar surface area (TPSA) is 95.9 Å². The van der Waals surface area contributed by atoms with Crippen LogP contribution in [-0.2, 0) is 14.3 Å². The highest BCUT2D eigenvalue weighted by molar-refractivity contribution is 5.77. The fourth-order valence-electron chi connectivity index (χ4n) is 8.10. The van der Waals surface area contributed by atoms with Gasteiger partial charge >= 0.3 is 5.97 Å². The van der Waals surface area contributed by atoms with Crippen molar-refractivity contribution in [3.8, 4) is 0 Å². The Kier molecular flexibility index (Phi) is 50.1. The molecule has 0 spiro atoms. The van der Waals surface area contributed by atoms with Gasteiger partial charge in [0.15, 0.2) is 0 Å². The zero-order chi connectivity index (χ0) is 47.4. The molecule has 0 rings (SSSR count). The number of amides is 1.